The van der Waals surface area contributed by atoms with Crippen LogP contribution >= 0.6 is 23.2 Å². The average molecular weight is 386 g/mol. The Labute approximate surface area is 161 Å². The minimum Gasteiger partial charge on any atom is -0.274 e. The Kier molecular flexibility index (Phi) is 3.67. The summed E-state index contributed by atoms with van der Waals surface area (Å²) in [6.07, 6.45) is 1.94. The van der Waals surface area contributed by atoms with E-state index in [1.54, 1.807) is 18.2 Å². The van der Waals surface area contributed by atoms with Gasteiger partial charge < -0.3 is 0 Å². The first-order valence-electron chi connectivity index (χ1n) is 8.94. The third-order valence-electron chi connectivity index (χ3n) is 6.39. The highest BCUT2D eigenvalue weighted by Crippen LogP contribution is 2.62. The summed E-state index contributed by atoms with van der Waals surface area (Å²) < 4.78 is 0. The Morgan fingerprint density at radius 1 is 0.885 bits per heavy atom. The summed E-state index contributed by atoms with van der Waals surface area (Å²) in [7, 11) is 0. The summed E-state index contributed by atoms with van der Waals surface area (Å²) in [5, 5.41) is 0.843. The number of amides is 2. The lowest BCUT2D eigenvalue weighted by atomic mass is 9.73. The number of hydrogen-bond donors (Lipinski definition) is 0. The third-order valence-corrected chi connectivity index (χ3v) is 6.95. The van der Waals surface area contributed by atoms with Gasteiger partial charge in [0.1, 0.15) is 0 Å². The predicted octanol–water partition coefficient (Wildman–Crippen LogP) is 4.92. The van der Waals surface area contributed by atoms with E-state index in [0.29, 0.717) is 21.7 Å². The summed E-state index contributed by atoms with van der Waals surface area (Å²) >= 11 is 12.3. The topological polar surface area (TPSA) is 37.4 Å². The zero-order valence-electron chi connectivity index (χ0n) is 13.9. The number of nitrogens with zero attached hydrogens (tertiary/aromatic N) is 1. The van der Waals surface area contributed by atoms with Gasteiger partial charge in [-0.3, -0.25) is 9.59 Å². The molecule has 0 N–H and O–H groups in total. The Morgan fingerprint density at radius 2 is 1.62 bits per heavy atom. The lowest BCUT2D eigenvalue weighted by Gasteiger charge is -2.28. The molecule has 1 aliphatic heterocycles. The number of fused-ring (bicyclic) bond motifs is 5. The van der Waals surface area contributed by atoms with E-state index in [9.17, 15) is 9.59 Å². The van der Waals surface area contributed by atoms with Gasteiger partial charge in [-0.2, -0.15) is 0 Å². The number of carbonyl (C=O) groups excluding carboxylic acids is 2. The van der Waals surface area contributed by atoms with Crippen molar-refractivity contribution in [3.05, 3.63) is 64.1 Å². The molecule has 5 rings (SSSR count). The van der Waals surface area contributed by atoms with Gasteiger partial charge in [0, 0.05) is 5.02 Å². The van der Waals surface area contributed by atoms with E-state index in [0.717, 1.165) is 12.8 Å². The van der Waals surface area contributed by atoms with Crippen molar-refractivity contribution in [3.63, 3.8) is 0 Å². The van der Waals surface area contributed by atoms with Crippen LogP contribution in [0.2, 0.25) is 10.0 Å². The molecular formula is C21H17Cl2NO2. The number of halogens is 2. The molecule has 1 heterocycles. The summed E-state index contributed by atoms with van der Waals surface area (Å²) in [5.41, 5.74) is 1.69. The van der Waals surface area contributed by atoms with Gasteiger partial charge in [-0.1, -0.05) is 53.5 Å². The molecule has 3 fully saturated rings. The molecule has 1 saturated heterocycles. The number of anilines is 1. The number of carbonyl (C=O) groups is 2. The van der Waals surface area contributed by atoms with E-state index in [1.807, 2.05) is 18.2 Å². The van der Waals surface area contributed by atoms with Crippen LogP contribution in [0.5, 0.6) is 0 Å². The van der Waals surface area contributed by atoms with Crippen molar-refractivity contribution in [2.75, 3.05) is 4.90 Å². The van der Waals surface area contributed by atoms with Crippen LogP contribution in [0, 0.1) is 23.7 Å². The van der Waals surface area contributed by atoms with E-state index >= 15 is 0 Å². The predicted molar refractivity (Wildman–Crippen MR) is 101 cm³/mol. The molecule has 3 nitrogen and oxygen atoms in total. The van der Waals surface area contributed by atoms with Crippen LogP contribution in [0.15, 0.2) is 48.5 Å². The summed E-state index contributed by atoms with van der Waals surface area (Å²) in [5.74, 6) is 0.194. The van der Waals surface area contributed by atoms with Gasteiger partial charge in [-0.15, -0.1) is 0 Å². The van der Waals surface area contributed by atoms with E-state index in [2.05, 4.69) is 12.1 Å². The maximum atomic E-state index is 13.2. The second kappa shape index (κ2) is 5.83. The Balaban J connectivity index is 1.52. The maximum Gasteiger partial charge on any atom is 0.238 e. The number of rotatable bonds is 2. The second-order valence-corrected chi connectivity index (χ2v) is 8.42. The fraction of sp³-hybridized carbons (Fsp3) is 0.333. The van der Waals surface area contributed by atoms with E-state index in [4.69, 9.17) is 23.2 Å². The summed E-state index contributed by atoms with van der Waals surface area (Å²) in [6, 6.07) is 15.3. The Hall–Kier alpha value is -1.84. The van der Waals surface area contributed by atoms with Crippen molar-refractivity contribution in [1.82, 2.24) is 0 Å². The van der Waals surface area contributed by atoms with Crippen molar-refractivity contribution >= 4 is 40.7 Å². The molecule has 0 spiro atoms. The molecule has 5 atom stereocenters. The van der Waals surface area contributed by atoms with Crippen LogP contribution in [0.3, 0.4) is 0 Å². The van der Waals surface area contributed by atoms with Crippen molar-refractivity contribution in [2.45, 2.75) is 18.8 Å². The second-order valence-electron chi connectivity index (χ2n) is 7.57. The highest BCUT2D eigenvalue weighted by molar-refractivity contribution is 6.37. The monoisotopic (exact) mass is 385 g/mol. The van der Waals surface area contributed by atoms with E-state index in [1.165, 1.54) is 10.5 Å². The molecule has 0 unspecified atom stereocenters. The molecule has 2 aliphatic carbocycles. The lowest BCUT2D eigenvalue weighted by Crippen LogP contribution is -2.33. The van der Waals surface area contributed by atoms with Crippen LogP contribution in [0.1, 0.15) is 24.3 Å². The van der Waals surface area contributed by atoms with Crippen LogP contribution in [0.4, 0.5) is 5.69 Å². The maximum absolute atomic E-state index is 13.2. The van der Waals surface area contributed by atoms with E-state index < -0.39 is 0 Å². The average Bonchev–Trinajstić information content (AvgIpc) is 3.30. The van der Waals surface area contributed by atoms with Gasteiger partial charge >= 0.3 is 0 Å². The molecule has 2 aromatic carbocycles. The number of hydrogen-bond acceptors (Lipinski definition) is 2. The van der Waals surface area contributed by atoms with Crippen LogP contribution in [-0.2, 0) is 9.59 Å². The largest absolute Gasteiger partial charge is 0.274 e. The van der Waals surface area contributed by atoms with E-state index in [-0.39, 0.29) is 35.5 Å². The van der Waals surface area contributed by atoms with Crippen LogP contribution < -0.4 is 4.90 Å². The Morgan fingerprint density at radius 3 is 2.38 bits per heavy atom. The molecule has 2 bridgehead atoms. The van der Waals surface area contributed by atoms with Gasteiger partial charge in [-0.05, 0) is 54.4 Å². The smallest absolute Gasteiger partial charge is 0.238 e. The molecule has 3 aliphatic rings. The first-order valence-corrected chi connectivity index (χ1v) is 9.69. The fourth-order valence-corrected chi connectivity index (χ4v) is 5.81. The quantitative estimate of drug-likeness (QED) is 0.687. The molecule has 2 saturated carbocycles. The standard InChI is InChI=1S/C21H17Cl2NO2/c22-13-6-7-16(23)17(10-13)24-20(25)18-12-8-14(11-4-2-1-3-5-11)15(9-12)19(18)21(24)26/h1-7,10,12,14-15,18-19H,8-9H2/t12-,14-,15-,18+,19+/m0/s1. The zero-order valence-corrected chi connectivity index (χ0v) is 15.5. The fourth-order valence-electron chi connectivity index (χ4n) is 5.44. The van der Waals surface area contributed by atoms with Crippen molar-refractivity contribution in [2.24, 2.45) is 23.7 Å². The van der Waals surface area contributed by atoms with Crippen molar-refractivity contribution in [3.8, 4) is 0 Å². The normalized spacial score (nSPS) is 32.4. The molecule has 0 aromatic heterocycles. The molecule has 5 heteroatoms. The van der Waals surface area contributed by atoms with Gasteiger partial charge in [0.25, 0.3) is 0 Å². The van der Waals surface area contributed by atoms with Gasteiger partial charge in [0.2, 0.25) is 11.8 Å². The molecule has 2 aromatic rings. The minimum atomic E-state index is -0.235. The first kappa shape index (κ1) is 16.3. The molecule has 2 amide bonds. The molecule has 0 radical (unpaired) electrons. The molecule has 132 valence electrons. The van der Waals surface area contributed by atoms with Gasteiger partial charge in [0.05, 0.1) is 22.5 Å². The zero-order chi connectivity index (χ0) is 18.0. The number of benzene rings is 2. The van der Waals surface area contributed by atoms with Crippen LogP contribution in [0.25, 0.3) is 0 Å². The lowest BCUT2D eigenvalue weighted by molar-refractivity contribution is -0.123. The van der Waals surface area contributed by atoms with Gasteiger partial charge in [0.15, 0.2) is 0 Å². The minimum absolute atomic E-state index is 0.108. The summed E-state index contributed by atoms with van der Waals surface area (Å²) in [4.78, 5) is 27.6. The van der Waals surface area contributed by atoms with Crippen LogP contribution in [-0.4, -0.2) is 11.8 Å². The van der Waals surface area contributed by atoms with Crippen molar-refractivity contribution in [1.29, 1.82) is 0 Å². The number of imide groups is 1. The third kappa shape index (κ3) is 2.20. The summed E-state index contributed by atoms with van der Waals surface area (Å²) in [6.45, 7) is 0. The van der Waals surface area contributed by atoms with Crippen molar-refractivity contribution < 1.29 is 9.59 Å². The molecule has 26 heavy (non-hydrogen) atoms. The SMILES string of the molecule is O=C1[C@@H]2[C@@H]3C[C@H]([C@H]2C(=O)N1c1cc(Cl)ccc1Cl)[C@H](c1ccccc1)C3. The Bertz CT molecular complexity index is 913. The highest BCUT2D eigenvalue weighted by atomic mass is 35.5. The van der Waals surface area contributed by atoms with Gasteiger partial charge in [-0.25, -0.2) is 4.90 Å². The molecular weight excluding hydrogens is 369 g/mol. The first-order chi connectivity index (χ1) is 12.6. The highest BCUT2D eigenvalue weighted by Gasteiger charge is 2.64.